The smallest absolute Gasteiger partial charge is 0.352 e. The molecule has 1 aromatic heterocycles. The topological polar surface area (TPSA) is 68.5 Å². The van der Waals surface area contributed by atoms with Crippen LogP contribution in [-0.4, -0.2) is 34.1 Å². The number of Topliss-reactive ketones (excluding diaryl/α,β-unsaturated/α-hetero) is 1. The summed E-state index contributed by atoms with van der Waals surface area (Å²) in [7, 11) is 1.63. The summed E-state index contributed by atoms with van der Waals surface area (Å²) < 4.78 is 7.04. The number of carbonyl (C=O) groups excluding carboxylic acids is 1. The highest BCUT2D eigenvalue weighted by Crippen LogP contribution is 2.19. The van der Waals surface area contributed by atoms with Crippen molar-refractivity contribution in [3.63, 3.8) is 0 Å². The molecule has 0 aromatic carbocycles. The second kappa shape index (κ2) is 6.02. The Morgan fingerprint density at radius 1 is 1.47 bits per heavy atom. The molecule has 5 nitrogen and oxygen atoms in total. The molecule has 0 aliphatic carbocycles. The number of nitrogens with zero attached hydrogens (tertiary/aromatic N) is 1. The molecule has 1 saturated heterocycles. The zero-order chi connectivity index (χ0) is 13.8. The molecule has 19 heavy (non-hydrogen) atoms. The average molecular weight is 265 g/mol. The van der Waals surface area contributed by atoms with Crippen LogP contribution < -0.4 is 0 Å². The minimum absolute atomic E-state index is 0.0164. The van der Waals surface area contributed by atoms with Gasteiger partial charge in [-0.15, -0.1) is 0 Å². The Bertz CT molecular complexity index is 472. The predicted molar refractivity (Wildman–Crippen MR) is 69.5 cm³/mol. The highest BCUT2D eigenvalue weighted by Gasteiger charge is 2.18. The van der Waals surface area contributed by atoms with E-state index in [0.29, 0.717) is 12.0 Å². The Labute approximate surface area is 112 Å². The van der Waals surface area contributed by atoms with Gasteiger partial charge in [-0.1, -0.05) is 0 Å². The molecule has 2 heterocycles. The van der Waals surface area contributed by atoms with E-state index in [1.165, 1.54) is 10.6 Å². The molecule has 0 saturated carbocycles. The van der Waals surface area contributed by atoms with Crippen molar-refractivity contribution in [2.24, 2.45) is 7.05 Å². The fraction of sp³-hybridized carbons (Fsp3) is 0.571. The fourth-order valence-corrected chi connectivity index (χ4v) is 2.40. The van der Waals surface area contributed by atoms with Gasteiger partial charge in [-0.3, -0.25) is 4.79 Å². The van der Waals surface area contributed by atoms with E-state index in [9.17, 15) is 9.59 Å². The van der Waals surface area contributed by atoms with Crippen molar-refractivity contribution < 1.29 is 19.4 Å². The summed E-state index contributed by atoms with van der Waals surface area (Å²) in [6.45, 7) is 0.785. The van der Waals surface area contributed by atoms with Crippen molar-refractivity contribution in [3.05, 3.63) is 23.5 Å². The molecule has 1 atom stereocenters. The van der Waals surface area contributed by atoms with E-state index in [1.54, 1.807) is 13.2 Å². The number of hydrogen-bond acceptors (Lipinski definition) is 3. The number of ketones is 1. The van der Waals surface area contributed by atoms with Gasteiger partial charge in [-0.2, -0.15) is 0 Å². The summed E-state index contributed by atoms with van der Waals surface area (Å²) in [4.78, 5) is 22.9. The van der Waals surface area contributed by atoms with E-state index in [-0.39, 0.29) is 17.6 Å². The molecule has 1 aliphatic rings. The van der Waals surface area contributed by atoms with Gasteiger partial charge in [0.15, 0.2) is 5.78 Å². The van der Waals surface area contributed by atoms with Crippen LogP contribution in [0.3, 0.4) is 0 Å². The number of hydrogen-bond donors (Lipinski definition) is 1. The van der Waals surface area contributed by atoms with Crippen molar-refractivity contribution in [2.45, 2.75) is 38.2 Å². The summed E-state index contributed by atoms with van der Waals surface area (Å²) in [6, 6.07) is 1.44. The third-order valence-corrected chi connectivity index (χ3v) is 3.51. The van der Waals surface area contributed by atoms with Crippen molar-refractivity contribution in [2.75, 3.05) is 6.61 Å². The van der Waals surface area contributed by atoms with Crippen LogP contribution in [-0.2, 0) is 11.8 Å². The second-order valence-electron chi connectivity index (χ2n) is 4.98. The molecule has 1 aromatic rings. The van der Waals surface area contributed by atoms with E-state index in [1.807, 2.05) is 0 Å². The van der Waals surface area contributed by atoms with Crippen LogP contribution in [0.4, 0.5) is 0 Å². The quantitative estimate of drug-likeness (QED) is 0.829. The number of carboxylic acid groups (broad SMARTS) is 1. The largest absolute Gasteiger partial charge is 0.477 e. The van der Waals surface area contributed by atoms with E-state index in [0.717, 1.165) is 32.3 Å². The van der Waals surface area contributed by atoms with Gasteiger partial charge < -0.3 is 14.4 Å². The molecule has 0 amide bonds. The summed E-state index contributed by atoms with van der Waals surface area (Å²) in [5, 5.41) is 8.94. The standard InChI is InChI=1S/C14H19NO4/c1-15-9-10(8-12(15)14(17)18)13(16)6-5-11-4-2-3-7-19-11/h8-9,11H,2-7H2,1H3,(H,17,18). The van der Waals surface area contributed by atoms with Gasteiger partial charge in [0.25, 0.3) is 0 Å². The maximum absolute atomic E-state index is 12.0. The first-order valence-electron chi connectivity index (χ1n) is 6.62. The summed E-state index contributed by atoms with van der Waals surface area (Å²) >= 11 is 0. The molecular weight excluding hydrogens is 246 g/mol. The van der Waals surface area contributed by atoms with Crippen LogP contribution in [0.25, 0.3) is 0 Å². The van der Waals surface area contributed by atoms with Crippen LogP contribution in [0.15, 0.2) is 12.3 Å². The first-order chi connectivity index (χ1) is 9.08. The number of aromatic nitrogens is 1. The van der Waals surface area contributed by atoms with Crippen molar-refractivity contribution in [1.29, 1.82) is 0 Å². The van der Waals surface area contributed by atoms with Crippen molar-refractivity contribution in [1.82, 2.24) is 4.57 Å². The van der Waals surface area contributed by atoms with Crippen molar-refractivity contribution >= 4 is 11.8 Å². The third-order valence-electron chi connectivity index (χ3n) is 3.51. The number of carbonyl (C=O) groups is 2. The Hall–Kier alpha value is -1.62. The van der Waals surface area contributed by atoms with Crippen LogP contribution in [0.2, 0.25) is 0 Å². The number of ether oxygens (including phenoxy) is 1. The SMILES string of the molecule is Cn1cc(C(=O)CCC2CCCCO2)cc1C(=O)O. The third kappa shape index (κ3) is 3.44. The molecule has 0 spiro atoms. The maximum Gasteiger partial charge on any atom is 0.352 e. The average Bonchev–Trinajstić information content (AvgIpc) is 2.79. The first kappa shape index (κ1) is 13.8. The lowest BCUT2D eigenvalue weighted by atomic mass is 10.0. The Balaban J connectivity index is 1.92. The van der Waals surface area contributed by atoms with Gasteiger partial charge in [0.1, 0.15) is 5.69 Å². The van der Waals surface area contributed by atoms with Gasteiger partial charge in [-0.25, -0.2) is 4.79 Å². The lowest BCUT2D eigenvalue weighted by molar-refractivity contribution is 0.0104. The van der Waals surface area contributed by atoms with Gasteiger partial charge in [-0.05, 0) is 31.7 Å². The molecule has 5 heteroatoms. The molecule has 104 valence electrons. The Morgan fingerprint density at radius 2 is 2.26 bits per heavy atom. The zero-order valence-electron chi connectivity index (χ0n) is 11.1. The predicted octanol–water partition coefficient (Wildman–Crippen LogP) is 2.26. The fourth-order valence-electron chi connectivity index (χ4n) is 2.40. The molecule has 1 unspecified atom stereocenters. The van der Waals surface area contributed by atoms with Gasteiger partial charge in [0.2, 0.25) is 0 Å². The molecule has 1 fully saturated rings. The minimum atomic E-state index is -1.02. The van der Waals surface area contributed by atoms with E-state index >= 15 is 0 Å². The molecule has 1 aliphatic heterocycles. The lowest BCUT2D eigenvalue weighted by Gasteiger charge is -2.21. The highest BCUT2D eigenvalue weighted by atomic mass is 16.5. The van der Waals surface area contributed by atoms with Crippen LogP contribution >= 0.6 is 0 Å². The number of aromatic carboxylic acids is 1. The zero-order valence-corrected chi connectivity index (χ0v) is 11.1. The molecule has 0 radical (unpaired) electrons. The maximum atomic E-state index is 12.0. The summed E-state index contributed by atoms with van der Waals surface area (Å²) in [5.74, 6) is -1.03. The van der Waals surface area contributed by atoms with Crippen LogP contribution in [0.1, 0.15) is 53.0 Å². The monoisotopic (exact) mass is 265 g/mol. The highest BCUT2D eigenvalue weighted by molar-refractivity contribution is 5.98. The normalized spacial score (nSPS) is 19.3. The molecular formula is C14H19NO4. The first-order valence-corrected chi connectivity index (χ1v) is 6.62. The Morgan fingerprint density at radius 3 is 2.84 bits per heavy atom. The number of carboxylic acids is 1. The molecule has 1 N–H and O–H groups in total. The van der Waals surface area contributed by atoms with Crippen LogP contribution in [0, 0.1) is 0 Å². The van der Waals surface area contributed by atoms with Gasteiger partial charge in [0.05, 0.1) is 6.10 Å². The Kier molecular flexibility index (Phi) is 4.37. The number of rotatable bonds is 5. The summed E-state index contributed by atoms with van der Waals surface area (Å²) in [5.41, 5.74) is 0.605. The lowest BCUT2D eigenvalue weighted by Crippen LogP contribution is -2.19. The molecule has 2 rings (SSSR count). The van der Waals surface area contributed by atoms with Gasteiger partial charge >= 0.3 is 5.97 Å². The number of aryl methyl sites for hydroxylation is 1. The van der Waals surface area contributed by atoms with Crippen LogP contribution in [0.5, 0.6) is 0 Å². The molecule has 0 bridgehead atoms. The van der Waals surface area contributed by atoms with E-state index < -0.39 is 5.97 Å². The summed E-state index contributed by atoms with van der Waals surface area (Å²) in [6.07, 6.45) is 6.17. The second-order valence-corrected chi connectivity index (χ2v) is 4.98. The minimum Gasteiger partial charge on any atom is -0.477 e. The van der Waals surface area contributed by atoms with E-state index in [4.69, 9.17) is 9.84 Å². The van der Waals surface area contributed by atoms with E-state index in [2.05, 4.69) is 0 Å². The van der Waals surface area contributed by atoms with Gasteiger partial charge in [0, 0.05) is 31.8 Å². The van der Waals surface area contributed by atoms with Crippen molar-refractivity contribution in [3.8, 4) is 0 Å².